The van der Waals surface area contributed by atoms with Crippen molar-refractivity contribution in [3.05, 3.63) is 29.8 Å². The second-order valence-corrected chi connectivity index (χ2v) is 5.61. The number of carbonyl (C=O) groups excluding carboxylic acids is 1. The highest BCUT2D eigenvalue weighted by molar-refractivity contribution is 7.80. The second-order valence-electron chi connectivity index (χ2n) is 5.14. The summed E-state index contributed by atoms with van der Waals surface area (Å²) in [5, 5.41) is 3.05. The fourth-order valence-electron chi connectivity index (χ4n) is 2.70. The fourth-order valence-corrected chi connectivity index (χ4v) is 2.98. The molecule has 3 N–H and O–H groups in total. The van der Waals surface area contributed by atoms with E-state index < -0.39 is 0 Å². The molecule has 0 heterocycles. The Morgan fingerprint density at radius 1 is 1.50 bits per heavy atom. The van der Waals surface area contributed by atoms with Gasteiger partial charge in [-0.15, -0.1) is 0 Å². The van der Waals surface area contributed by atoms with Crippen LogP contribution in [0.5, 0.6) is 5.75 Å². The molecule has 5 heteroatoms. The highest BCUT2D eigenvalue weighted by Gasteiger charge is 2.30. The van der Waals surface area contributed by atoms with Crippen LogP contribution in [0.25, 0.3) is 0 Å². The molecule has 1 fully saturated rings. The van der Waals surface area contributed by atoms with E-state index >= 15 is 0 Å². The lowest BCUT2D eigenvalue weighted by Crippen LogP contribution is -2.42. The number of hydrogen-bond donors (Lipinski definition) is 2. The van der Waals surface area contributed by atoms with Crippen LogP contribution in [0.15, 0.2) is 24.3 Å². The minimum atomic E-state index is 0.00593. The second kappa shape index (κ2) is 6.70. The Morgan fingerprint density at radius 2 is 2.30 bits per heavy atom. The Balaban J connectivity index is 1.93. The molecule has 20 heavy (non-hydrogen) atoms. The maximum Gasteiger partial charge on any atom is 0.224 e. The van der Waals surface area contributed by atoms with E-state index in [1.54, 1.807) is 7.11 Å². The molecule has 108 valence electrons. The summed E-state index contributed by atoms with van der Waals surface area (Å²) in [6, 6.07) is 7.63. The Bertz CT molecular complexity index is 504. The average molecular weight is 292 g/mol. The van der Waals surface area contributed by atoms with Gasteiger partial charge in [-0.05, 0) is 30.5 Å². The number of ether oxygens (including phenoxy) is 1. The number of methoxy groups -OCH3 is 1. The summed E-state index contributed by atoms with van der Waals surface area (Å²) < 4.78 is 5.15. The van der Waals surface area contributed by atoms with Crippen LogP contribution in [0.4, 0.5) is 0 Å². The predicted molar refractivity (Wildman–Crippen MR) is 82.8 cm³/mol. The van der Waals surface area contributed by atoms with Crippen molar-refractivity contribution in [1.29, 1.82) is 0 Å². The molecular formula is C15H20N2O2S. The van der Waals surface area contributed by atoms with E-state index in [1.165, 1.54) is 0 Å². The maximum atomic E-state index is 12.1. The third-order valence-corrected chi connectivity index (χ3v) is 4.03. The van der Waals surface area contributed by atoms with Gasteiger partial charge in [0.1, 0.15) is 5.75 Å². The molecule has 0 bridgehead atoms. The lowest BCUT2D eigenvalue weighted by atomic mass is 10.0. The van der Waals surface area contributed by atoms with Gasteiger partial charge in [-0.2, -0.15) is 0 Å². The summed E-state index contributed by atoms with van der Waals surface area (Å²) >= 11 is 5.06. The van der Waals surface area contributed by atoms with E-state index in [4.69, 9.17) is 22.7 Å². The van der Waals surface area contributed by atoms with E-state index in [-0.39, 0.29) is 17.9 Å². The van der Waals surface area contributed by atoms with Crippen LogP contribution in [-0.4, -0.2) is 24.0 Å². The molecule has 1 aromatic rings. The van der Waals surface area contributed by atoms with E-state index in [0.29, 0.717) is 11.4 Å². The molecule has 1 amide bonds. The molecule has 2 rings (SSSR count). The largest absolute Gasteiger partial charge is 0.497 e. The number of thiocarbonyl (C=S) groups is 1. The molecule has 0 aliphatic heterocycles. The first-order valence-corrected chi connectivity index (χ1v) is 7.22. The van der Waals surface area contributed by atoms with Gasteiger partial charge in [0.25, 0.3) is 0 Å². The van der Waals surface area contributed by atoms with E-state index in [2.05, 4.69) is 5.32 Å². The summed E-state index contributed by atoms with van der Waals surface area (Å²) in [5.41, 5.74) is 6.65. The summed E-state index contributed by atoms with van der Waals surface area (Å²) in [5.74, 6) is 0.905. The van der Waals surface area contributed by atoms with E-state index in [0.717, 1.165) is 30.6 Å². The Labute approximate surface area is 124 Å². The van der Waals surface area contributed by atoms with Crippen molar-refractivity contribution in [3.63, 3.8) is 0 Å². The van der Waals surface area contributed by atoms with Crippen molar-refractivity contribution in [2.45, 2.75) is 31.7 Å². The standard InChI is InChI=1S/C15H20N2O2S/c1-19-11-5-2-4-10(8-11)9-14(18)17-13-7-3-6-12(13)15(16)20/h2,4-5,8,12-13H,3,6-7,9H2,1H3,(H2,16,20)(H,17,18). The summed E-state index contributed by atoms with van der Waals surface area (Å²) in [4.78, 5) is 12.6. The number of rotatable bonds is 5. The summed E-state index contributed by atoms with van der Waals surface area (Å²) in [7, 11) is 1.62. The van der Waals surface area contributed by atoms with Crippen molar-refractivity contribution in [2.24, 2.45) is 11.7 Å². The highest BCUT2D eigenvalue weighted by Crippen LogP contribution is 2.26. The molecule has 2 atom stereocenters. The topological polar surface area (TPSA) is 64.3 Å². The third kappa shape index (κ3) is 3.70. The van der Waals surface area contributed by atoms with Crippen LogP contribution < -0.4 is 15.8 Å². The van der Waals surface area contributed by atoms with Crippen LogP contribution in [-0.2, 0) is 11.2 Å². The van der Waals surface area contributed by atoms with E-state index in [1.807, 2.05) is 24.3 Å². The van der Waals surface area contributed by atoms with Gasteiger partial charge in [-0.25, -0.2) is 0 Å². The molecule has 0 radical (unpaired) electrons. The molecule has 1 saturated carbocycles. The Hall–Kier alpha value is -1.62. The van der Waals surface area contributed by atoms with Crippen molar-refractivity contribution >= 4 is 23.1 Å². The minimum Gasteiger partial charge on any atom is -0.497 e. The van der Waals surface area contributed by atoms with Crippen molar-refractivity contribution in [1.82, 2.24) is 5.32 Å². The van der Waals surface area contributed by atoms with Crippen molar-refractivity contribution in [2.75, 3.05) is 7.11 Å². The van der Waals surface area contributed by atoms with Crippen molar-refractivity contribution < 1.29 is 9.53 Å². The van der Waals surface area contributed by atoms with E-state index in [9.17, 15) is 4.79 Å². The van der Waals surface area contributed by atoms with Gasteiger partial charge in [-0.3, -0.25) is 4.79 Å². The number of amides is 1. The zero-order chi connectivity index (χ0) is 14.5. The number of hydrogen-bond acceptors (Lipinski definition) is 3. The summed E-state index contributed by atoms with van der Waals surface area (Å²) in [6.45, 7) is 0. The van der Waals surface area contributed by atoms with Crippen LogP contribution in [0.3, 0.4) is 0 Å². The van der Waals surface area contributed by atoms with Crippen LogP contribution in [0, 0.1) is 5.92 Å². The molecular weight excluding hydrogens is 272 g/mol. The van der Waals surface area contributed by atoms with Crippen LogP contribution in [0.1, 0.15) is 24.8 Å². The lowest BCUT2D eigenvalue weighted by molar-refractivity contribution is -0.121. The Morgan fingerprint density at radius 3 is 3.00 bits per heavy atom. The first-order valence-electron chi connectivity index (χ1n) is 6.81. The SMILES string of the molecule is COc1cccc(CC(=O)NC2CCCC2C(N)=S)c1. The van der Waals surface area contributed by atoms with Gasteiger partial charge in [0.2, 0.25) is 5.91 Å². The van der Waals surface area contributed by atoms with Gasteiger partial charge in [-0.1, -0.05) is 30.8 Å². The van der Waals surface area contributed by atoms with Gasteiger partial charge in [0, 0.05) is 12.0 Å². The molecule has 1 aliphatic rings. The van der Waals surface area contributed by atoms with Gasteiger partial charge in [0.15, 0.2) is 0 Å². The van der Waals surface area contributed by atoms with Crippen LogP contribution >= 0.6 is 12.2 Å². The van der Waals surface area contributed by atoms with Crippen molar-refractivity contribution in [3.8, 4) is 5.75 Å². The summed E-state index contributed by atoms with van der Waals surface area (Å²) in [6.07, 6.45) is 3.33. The molecule has 4 nitrogen and oxygen atoms in total. The molecule has 0 spiro atoms. The maximum absolute atomic E-state index is 12.1. The highest BCUT2D eigenvalue weighted by atomic mass is 32.1. The third-order valence-electron chi connectivity index (χ3n) is 3.73. The Kier molecular flexibility index (Phi) is 4.95. The number of nitrogens with one attached hydrogen (secondary N) is 1. The first kappa shape index (κ1) is 14.8. The van der Waals surface area contributed by atoms with Gasteiger partial charge >= 0.3 is 0 Å². The monoisotopic (exact) mass is 292 g/mol. The number of nitrogens with two attached hydrogens (primary N) is 1. The molecule has 1 aromatic carbocycles. The van der Waals surface area contributed by atoms with Gasteiger partial charge < -0.3 is 15.8 Å². The minimum absolute atomic E-state index is 0.00593. The predicted octanol–water partition coefficient (Wildman–Crippen LogP) is 1.81. The average Bonchev–Trinajstić information content (AvgIpc) is 2.87. The molecule has 0 aromatic heterocycles. The normalized spacial score (nSPS) is 21.4. The zero-order valence-electron chi connectivity index (χ0n) is 11.6. The first-order chi connectivity index (χ1) is 9.60. The van der Waals surface area contributed by atoms with Crippen LogP contribution in [0.2, 0.25) is 0 Å². The quantitative estimate of drug-likeness (QED) is 0.812. The number of carbonyl (C=O) groups is 1. The number of benzene rings is 1. The fraction of sp³-hybridized carbons (Fsp3) is 0.467. The molecule has 1 aliphatic carbocycles. The zero-order valence-corrected chi connectivity index (χ0v) is 12.4. The molecule has 2 unspecified atom stereocenters. The van der Waals surface area contributed by atoms with Gasteiger partial charge in [0.05, 0.1) is 18.5 Å². The smallest absolute Gasteiger partial charge is 0.224 e. The lowest BCUT2D eigenvalue weighted by Gasteiger charge is -2.20. The molecule has 0 saturated heterocycles.